The van der Waals surface area contributed by atoms with Crippen molar-refractivity contribution in [2.45, 2.75) is 18.3 Å². The molecule has 78 valence electrons. The topological polar surface area (TPSA) is 127 Å². The fourth-order valence-corrected chi connectivity index (χ4v) is 0.620. The van der Waals surface area contributed by atoms with Crippen LogP contribution < -0.4 is 0 Å². The summed E-state index contributed by atoms with van der Waals surface area (Å²) in [5.41, 5.74) is 0. The van der Waals surface area contributed by atoms with Crippen molar-refractivity contribution in [1.29, 1.82) is 0 Å². The zero-order valence-electron chi connectivity index (χ0n) is 6.70. The second-order valence-corrected chi connectivity index (χ2v) is 2.38. The van der Waals surface area contributed by atoms with Crippen molar-refractivity contribution >= 4 is 6.16 Å². The van der Waals surface area contributed by atoms with Crippen molar-refractivity contribution in [3.8, 4) is 0 Å². The van der Waals surface area contributed by atoms with Crippen molar-refractivity contribution in [2.24, 2.45) is 0 Å². The Morgan fingerprint density at radius 2 is 1.77 bits per heavy atom. The van der Waals surface area contributed by atoms with Gasteiger partial charge in [0.05, 0.1) is 6.61 Å². The van der Waals surface area contributed by atoms with Gasteiger partial charge in [-0.3, -0.25) is 0 Å². The molecule has 0 bridgehead atoms. The van der Waals surface area contributed by atoms with E-state index in [1.807, 2.05) is 0 Å². The van der Waals surface area contributed by atoms with Crippen LogP contribution in [0.1, 0.15) is 0 Å². The predicted octanol–water partition coefficient (Wildman–Crippen LogP) is -2.24. The molecule has 7 nitrogen and oxygen atoms in total. The maximum Gasteiger partial charge on any atom is 0.505 e. The maximum absolute atomic E-state index is 9.84. The zero-order valence-corrected chi connectivity index (χ0v) is 6.70. The summed E-state index contributed by atoms with van der Waals surface area (Å²) < 4.78 is 3.93. The van der Waals surface area contributed by atoms with Crippen LogP contribution in [-0.4, -0.2) is 63.2 Å². The van der Waals surface area contributed by atoms with Gasteiger partial charge >= 0.3 is 6.16 Å². The Kier molecular flexibility index (Phi) is 5.31. The molecule has 7 heteroatoms. The number of aliphatic hydroxyl groups excluding tert-OH is 4. The summed E-state index contributed by atoms with van der Waals surface area (Å²) in [5, 5.41) is 43.1. The molecule has 0 rings (SSSR count). The third kappa shape index (κ3) is 4.63. The molecule has 0 aromatic carbocycles. The molecule has 0 amide bonds. The number of rotatable bonds is 5. The van der Waals surface area contributed by atoms with Crippen LogP contribution in [0.3, 0.4) is 0 Å². The van der Waals surface area contributed by atoms with Gasteiger partial charge in [-0.1, -0.05) is 0 Å². The Morgan fingerprint density at radius 1 is 1.23 bits per heavy atom. The van der Waals surface area contributed by atoms with E-state index in [0.29, 0.717) is 0 Å². The normalized spacial score (nSPS) is 17.5. The molecule has 0 radical (unpaired) electrons. The molecule has 0 fully saturated rings. The molecule has 0 aliphatic rings. The van der Waals surface area contributed by atoms with E-state index >= 15 is 0 Å². The molecule has 5 N–H and O–H groups in total. The average Bonchev–Trinajstić information content (AvgIpc) is 2.11. The van der Waals surface area contributed by atoms with Gasteiger partial charge in [-0.05, 0) is 0 Å². The molecular formula is C6H12O7. The number of hydrogen-bond donors (Lipinski definition) is 5. The van der Waals surface area contributed by atoms with Crippen LogP contribution in [0.2, 0.25) is 0 Å². The van der Waals surface area contributed by atoms with E-state index in [-0.39, 0.29) is 0 Å². The molecular weight excluding hydrogens is 184 g/mol. The van der Waals surface area contributed by atoms with E-state index in [4.69, 9.17) is 25.5 Å². The predicted molar refractivity (Wildman–Crippen MR) is 39.1 cm³/mol. The number of aliphatic hydroxyl groups is 4. The van der Waals surface area contributed by atoms with Gasteiger partial charge in [0, 0.05) is 0 Å². The molecule has 3 atom stereocenters. The summed E-state index contributed by atoms with van der Waals surface area (Å²) in [4.78, 5) is 9.84. The molecule has 0 aromatic rings. The van der Waals surface area contributed by atoms with Gasteiger partial charge in [0.2, 0.25) is 0 Å². The summed E-state index contributed by atoms with van der Waals surface area (Å²) >= 11 is 0. The average molecular weight is 196 g/mol. The van der Waals surface area contributed by atoms with E-state index in [1.165, 1.54) is 0 Å². The smallest absolute Gasteiger partial charge is 0.450 e. The quantitative estimate of drug-likeness (QED) is 0.314. The highest BCUT2D eigenvalue weighted by molar-refractivity contribution is 5.56. The molecule has 0 aliphatic carbocycles. The van der Waals surface area contributed by atoms with Crippen molar-refractivity contribution in [3.63, 3.8) is 0 Å². The van der Waals surface area contributed by atoms with Crippen LogP contribution in [0.5, 0.6) is 0 Å². The first-order valence-electron chi connectivity index (χ1n) is 3.49. The largest absolute Gasteiger partial charge is 0.505 e. The van der Waals surface area contributed by atoms with E-state index in [9.17, 15) is 4.79 Å². The Morgan fingerprint density at radius 3 is 2.15 bits per heavy atom. The van der Waals surface area contributed by atoms with Gasteiger partial charge in [0.1, 0.15) is 24.9 Å². The Balaban J connectivity index is 3.81. The van der Waals surface area contributed by atoms with Gasteiger partial charge < -0.3 is 30.3 Å². The van der Waals surface area contributed by atoms with E-state index in [1.54, 1.807) is 0 Å². The first-order chi connectivity index (χ1) is 5.99. The summed E-state index contributed by atoms with van der Waals surface area (Å²) in [6.45, 7) is -1.39. The third-order valence-electron chi connectivity index (χ3n) is 1.35. The fraction of sp³-hybridized carbons (Fsp3) is 0.833. The van der Waals surface area contributed by atoms with Crippen molar-refractivity contribution in [2.75, 3.05) is 13.2 Å². The van der Waals surface area contributed by atoms with Crippen molar-refractivity contribution in [1.82, 2.24) is 0 Å². The molecule has 0 heterocycles. The molecule has 0 saturated carbocycles. The van der Waals surface area contributed by atoms with Crippen LogP contribution in [0.15, 0.2) is 0 Å². The van der Waals surface area contributed by atoms with Gasteiger partial charge in [0.15, 0.2) is 0 Å². The molecule has 0 unspecified atom stereocenters. The summed E-state index contributed by atoms with van der Waals surface area (Å²) in [6.07, 6.45) is -6.31. The van der Waals surface area contributed by atoms with Crippen molar-refractivity contribution < 1.29 is 35.1 Å². The van der Waals surface area contributed by atoms with Gasteiger partial charge in [0.25, 0.3) is 0 Å². The monoisotopic (exact) mass is 196 g/mol. The van der Waals surface area contributed by atoms with Crippen molar-refractivity contribution in [3.05, 3.63) is 0 Å². The van der Waals surface area contributed by atoms with Crippen LogP contribution in [0, 0.1) is 0 Å². The first kappa shape index (κ1) is 12.1. The highest BCUT2D eigenvalue weighted by Crippen LogP contribution is 2.00. The fourth-order valence-electron chi connectivity index (χ4n) is 0.620. The first-order valence-corrected chi connectivity index (χ1v) is 3.49. The second-order valence-electron chi connectivity index (χ2n) is 2.38. The minimum Gasteiger partial charge on any atom is -0.450 e. The number of carbonyl (C=O) groups is 1. The minimum absolute atomic E-state index is 0.659. The van der Waals surface area contributed by atoms with Gasteiger partial charge in [-0.25, -0.2) is 4.79 Å². The van der Waals surface area contributed by atoms with Crippen LogP contribution >= 0.6 is 0 Å². The number of hydrogen-bond acceptors (Lipinski definition) is 6. The Labute approximate surface area is 73.8 Å². The van der Waals surface area contributed by atoms with Gasteiger partial charge in [-0.15, -0.1) is 0 Å². The second kappa shape index (κ2) is 5.70. The maximum atomic E-state index is 9.84. The minimum atomic E-state index is -1.63. The molecule has 13 heavy (non-hydrogen) atoms. The zero-order chi connectivity index (χ0) is 10.4. The Hall–Kier alpha value is -0.890. The van der Waals surface area contributed by atoms with E-state index in [2.05, 4.69) is 4.74 Å². The number of ether oxygens (including phenoxy) is 1. The third-order valence-corrected chi connectivity index (χ3v) is 1.35. The van der Waals surface area contributed by atoms with E-state index in [0.717, 1.165) is 0 Å². The highest BCUT2D eigenvalue weighted by Gasteiger charge is 2.24. The SMILES string of the molecule is O=C(O)OC[C@H](O)[C@@H](O)[C@H](O)CO. The highest BCUT2D eigenvalue weighted by atomic mass is 16.7. The van der Waals surface area contributed by atoms with E-state index < -0.39 is 37.7 Å². The lowest BCUT2D eigenvalue weighted by Crippen LogP contribution is -2.42. The Bertz CT molecular complexity index is 159. The molecule has 0 saturated heterocycles. The summed E-state index contributed by atoms with van der Waals surface area (Å²) in [7, 11) is 0. The summed E-state index contributed by atoms with van der Waals surface area (Å²) in [6, 6.07) is 0. The summed E-state index contributed by atoms with van der Waals surface area (Å²) in [5.74, 6) is 0. The van der Waals surface area contributed by atoms with Crippen LogP contribution in [0.25, 0.3) is 0 Å². The van der Waals surface area contributed by atoms with Crippen LogP contribution in [-0.2, 0) is 4.74 Å². The molecule has 0 aromatic heterocycles. The lowest BCUT2D eigenvalue weighted by molar-refractivity contribution is -0.0938. The van der Waals surface area contributed by atoms with Gasteiger partial charge in [-0.2, -0.15) is 0 Å². The molecule has 0 aliphatic heterocycles. The molecule has 0 spiro atoms. The lowest BCUT2D eigenvalue weighted by Gasteiger charge is -2.20. The van der Waals surface area contributed by atoms with Crippen LogP contribution in [0.4, 0.5) is 4.79 Å². The number of carboxylic acid groups (broad SMARTS) is 1. The standard InChI is InChI=1S/C6H12O7/c7-1-3(8)5(10)4(9)2-13-6(11)12/h3-5,7-10H,1-2H2,(H,11,12)/t3-,4+,5+/m1/s1. The lowest BCUT2D eigenvalue weighted by atomic mass is 10.1.